The van der Waals surface area contributed by atoms with E-state index in [4.69, 9.17) is 5.26 Å². The first-order valence-corrected chi connectivity index (χ1v) is 10.4. The topological polar surface area (TPSA) is 76.4 Å². The van der Waals surface area contributed by atoms with Crippen molar-refractivity contribution >= 4 is 11.8 Å². The van der Waals surface area contributed by atoms with Crippen LogP contribution in [-0.2, 0) is 9.59 Å². The van der Waals surface area contributed by atoms with E-state index >= 15 is 0 Å². The maximum atomic E-state index is 13.6. The molecule has 5 rings (SSSR count). The Morgan fingerprint density at radius 3 is 2.32 bits per heavy atom. The van der Waals surface area contributed by atoms with E-state index in [2.05, 4.69) is 5.32 Å². The molecule has 5 aliphatic rings. The van der Waals surface area contributed by atoms with Gasteiger partial charge in [0.25, 0.3) is 0 Å². The fraction of sp³-hybridized carbons (Fsp3) is 0.850. The predicted octanol–water partition coefficient (Wildman–Crippen LogP) is 1.70. The lowest BCUT2D eigenvalue weighted by Gasteiger charge is -2.53. The van der Waals surface area contributed by atoms with Crippen molar-refractivity contribution in [2.45, 2.75) is 75.3 Å². The highest BCUT2D eigenvalue weighted by Crippen LogP contribution is 2.53. The van der Waals surface area contributed by atoms with Gasteiger partial charge >= 0.3 is 0 Å². The summed E-state index contributed by atoms with van der Waals surface area (Å²) in [6, 6.07) is 1.33. The lowest BCUT2D eigenvalue weighted by molar-refractivity contribution is -0.149. The quantitative estimate of drug-likeness (QED) is 0.788. The van der Waals surface area contributed by atoms with Gasteiger partial charge in [-0.3, -0.25) is 9.59 Å². The maximum absolute atomic E-state index is 13.6. The first kappa shape index (κ1) is 19.6. The minimum absolute atomic E-state index is 0.00521. The van der Waals surface area contributed by atoms with Gasteiger partial charge in [0.05, 0.1) is 25.7 Å². The minimum Gasteiger partial charge on any atom is -0.339 e. The van der Waals surface area contributed by atoms with Gasteiger partial charge in [-0.25, -0.2) is 8.78 Å². The number of nitrogens with zero attached hydrogens (tertiary/aromatic N) is 3. The number of hydrogen-bond donors (Lipinski definition) is 1. The fourth-order valence-electron chi connectivity index (χ4n) is 5.56. The van der Waals surface area contributed by atoms with Crippen molar-refractivity contribution < 1.29 is 18.4 Å². The Balaban J connectivity index is 1.32. The van der Waals surface area contributed by atoms with Gasteiger partial charge in [-0.15, -0.1) is 0 Å². The second-order valence-electron chi connectivity index (χ2n) is 9.08. The molecule has 8 heteroatoms. The normalized spacial score (nSPS) is 40.0. The zero-order valence-corrected chi connectivity index (χ0v) is 16.1. The molecule has 5 fully saturated rings. The average Bonchev–Trinajstić information content (AvgIpc) is 3.32. The predicted molar refractivity (Wildman–Crippen MR) is 97.6 cm³/mol. The van der Waals surface area contributed by atoms with E-state index in [1.54, 1.807) is 4.90 Å². The number of alkyl halides is 2. The van der Waals surface area contributed by atoms with Crippen LogP contribution in [0.1, 0.15) is 51.4 Å². The summed E-state index contributed by atoms with van der Waals surface area (Å²) in [5, 5.41) is 12.5. The third-order valence-electron chi connectivity index (χ3n) is 7.45. The molecule has 2 saturated heterocycles. The number of hydrogen-bond acceptors (Lipinski definition) is 4. The number of nitriles is 1. The van der Waals surface area contributed by atoms with Crippen molar-refractivity contribution in [2.75, 3.05) is 26.2 Å². The van der Waals surface area contributed by atoms with Crippen LogP contribution in [0.15, 0.2) is 0 Å². The van der Waals surface area contributed by atoms with Crippen LogP contribution in [0.3, 0.4) is 0 Å². The van der Waals surface area contributed by atoms with E-state index in [0.29, 0.717) is 13.0 Å². The van der Waals surface area contributed by atoms with E-state index < -0.39 is 18.4 Å². The Hall–Kier alpha value is -1.75. The first-order valence-electron chi connectivity index (χ1n) is 10.4. The van der Waals surface area contributed by atoms with Crippen molar-refractivity contribution in [1.82, 2.24) is 15.1 Å². The van der Waals surface area contributed by atoms with Crippen molar-refractivity contribution in [1.29, 1.82) is 5.26 Å². The van der Waals surface area contributed by atoms with Gasteiger partial charge in [0.15, 0.2) is 0 Å². The van der Waals surface area contributed by atoms with Crippen LogP contribution in [-0.4, -0.2) is 71.7 Å². The van der Waals surface area contributed by atoms with E-state index in [-0.39, 0.29) is 48.8 Å². The first-order chi connectivity index (χ1) is 13.4. The molecule has 0 aromatic rings. The maximum Gasteiger partial charge on any atom is 0.237 e. The number of nitrogens with one attached hydrogen (secondary N) is 1. The van der Waals surface area contributed by atoms with Crippen molar-refractivity contribution in [2.24, 2.45) is 5.41 Å². The van der Waals surface area contributed by atoms with Crippen LogP contribution in [0, 0.1) is 16.7 Å². The third kappa shape index (κ3) is 3.38. The molecule has 0 aromatic heterocycles. The summed E-state index contributed by atoms with van der Waals surface area (Å²) in [4.78, 5) is 28.5. The molecular formula is C20H28F2N4O2. The largest absolute Gasteiger partial charge is 0.339 e. The molecule has 3 saturated carbocycles. The molecule has 3 atom stereocenters. The highest BCUT2D eigenvalue weighted by molar-refractivity contribution is 5.83. The van der Waals surface area contributed by atoms with Gasteiger partial charge in [-0.05, 0) is 44.9 Å². The van der Waals surface area contributed by atoms with E-state index in [9.17, 15) is 18.4 Å². The number of carbonyl (C=O) groups excluding carboxylic acids is 2. The molecule has 0 radical (unpaired) electrons. The molecule has 28 heavy (non-hydrogen) atoms. The number of fused-ring (bicyclic) bond motifs is 3. The van der Waals surface area contributed by atoms with E-state index in [0.717, 1.165) is 38.5 Å². The highest BCUT2D eigenvalue weighted by atomic mass is 19.1. The lowest BCUT2D eigenvalue weighted by Crippen LogP contribution is -2.60. The highest BCUT2D eigenvalue weighted by Gasteiger charge is 2.54. The molecule has 2 amide bonds. The van der Waals surface area contributed by atoms with Crippen molar-refractivity contribution in [3.63, 3.8) is 0 Å². The summed E-state index contributed by atoms with van der Waals surface area (Å²) in [5.41, 5.74) is -0.526. The fourth-order valence-corrected chi connectivity index (χ4v) is 5.56. The Labute approximate surface area is 164 Å². The minimum atomic E-state index is -1.13. The average molecular weight is 394 g/mol. The second-order valence-corrected chi connectivity index (χ2v) is 9.08. The van der Waals surface area contributed by atoms with Crippen LogP contribution in [0.25, 0.3) is 0 Å². The summed E-state index contributed by atoms with van der Waals surface area (Å²) in [7, 11) is 0. The smallest absolute Gasteiger partial charge is 0.237 e. The summed E-state index contributed by atoms with van der Waals surface area (Å²) >= 11 is 0. The number of amides is 2. The van der Waals surface area contributed by atoms with Crippen molar-refractivity contribution in [3.8, 4) is 6.07 Å². The molecule has 154 valence electrons. The number of rotatable bonds is 4. The Morgan fingerprint density at radius 1 is 1.07 bits per heavy atom. The van der Waals surface area contributed by atoms with Gasteiger partial charge in [-0.2, -0.15) is 5.26 Å². The zero-order valence-electron chi connectivity index (χ0n) is 16.1. The molecule has 3 aliphatic carbocycles. The van der Waals surface area contributed by atoms with Crippen LogP contribution >= 0.6 is 0 Å². The van der Waals surface area contributed by atoms with Crippen LogP contribution in [0.5, 0.6) is 0 Å². The molecule has 2 heterocycles. The Bertz CT molecular complexity index is 670. The summed E-state index contributed by atoms with van der Waals surface area (Å²) in [6.07, 6.45) is 3.23. The van der Waals surface area contributed by atoms with E-state index in [1.165, 1.54) is 4.90 Å². The monoisotopic (exact) mass is 394 g/mol. The van der Waals surface area contributed by atoms with Crippen LogP contribution in [0.2, 0.25) is 0 Å². The third-order valence-corrected chi connectivity index (χ3v) is 7.45. The lowest BCUT2D eigenvalue weighted by atomic mass is 9.56. The molecule has 1 unspecified atom stereocenters. The second kappa shape index (κ2) is 7.25. The number of likely N-dealkylation sites (tertiary alicyclic amines) is 2. The van der Waals surface area contributed by atoms with Gasteiger partial charge in [0.1, 0.15) is 18.4 Å². The van der Waals surface area contributed by atoms with E-state index in [1.807, 2.05) is 6.07 Å². The zero-order chi connectivity index (χ0) is 19.9. The molecule has 0 spiro atoms. The van der Waals surface area contributed by atoms with Gasteiger partial charge in [0.2, 0.25) is 11.8 Å². The van der Waals surface area contributed by atoms with Gasteiger partial charge < -0.3 is 15.1 Å². The SMILES string of the molecule is N#C[C@@H]1C[C@H](F)CN1C(=O)CNC12CCC(C(=O)N3CCC(F)C3)(CC1)CC2. The van der Waals surface area contributed by atoms with Crippen LogP contribution in [0.4, 0.5) is 8.78 Å². The summed E-state index contributed by atoms with van der Waals surface area (Å²) in [5.74, 6) is -0.120. The molecule has 6 nitrogen and oxygen atoms in total. The molecule has 2 bridgehead atoms. The molecule has 1 N–H and O–H groups in total. The molecule has 2 aliphatic heterocycles. The van der Waals surface area contributed by atoms with Crippen LogP contribution < -0.4 is 5.32 Å². The van der Waals surface area contributed by atoms with Gasteiger partial charge in [-0.1, -0.05) is 0 Å². The molecule has 0 aromatic carbocycles. The number of carbonyl (C=O) groups is 2. The standard InChI is InChI=1S/C20H28F2N4O2/c21-14-1-8-25(12-14)18(28)19-2-5-20(6-3-19,7-4-19)24-11-17(27)26-13-15(22)9-16(26)10-23/h14-16,24H,1-9,11-13H2/t14?,15-,16-,19?,20?/m0/s1. The van der Waals surface area contributed by atoms with Crippen molar-refractivity contribution in [3.05, 3.63) is 0 Å². The summed E-state index contributed by atoms with van der Waals surface area (Å²) < 4.78 is 27.1. The van der Waals surface area contributed by atoms with Gasteiger partial charge in [0, 0.05) is 23.9 Å². The Kier molecular flexibility index (Phi) is 5.07. The number of halogens is 2. The Morgan fingerprint density at radius 2 is 1.75 bits per heavy atom. The summed E-state index contributed by atoms with van der Waals surface area (Å²) in [6.45, 7) is 0.839. The molecular weight excluding hydrogens is 366 g/mol.